The fourth-order valence-corrected chi connectivity index (χ4v) is 1.23. The number of aryl methyl sites for hydroxylation is 1. The first kappa shape index (κ1) is 9.45. The Balaban J connectivity index is 2.06. The molecule has 78 valence electrons. The lowest BCUT2D eigenvalue weighted by Gasteiger charge is -2.06. The van der Waals surface area contributed by atoms with Gasteiger partial charge in [-0.2, -0.15) is 5.10 Å². The summed E-state index contributed by atoms with van der Waals surface area (Å²) in [5.41, 5.74) is 6.70. The van der Waals surface area contributed by atoms with Crippen LogP contribution in [0.25, 0.3) is 0 Å². The van der Waals surface area contributed by atoms with Gasteiger partial charge in [0.25, 0.3) is 0 Å². The molecule has 0 saturated carbocycles. The van der Waals surface area contributed by atoms with Crippen LogP contribution in [0.2, 0.25) is 0 Å². The Bertz CT molecular complexity index is 449. The number of hydrogen-bond acceptors (Lipinski definition) is 5. The highest BCUT2D eigenvalue weighted by molar-refractivity contribution is 5.54. The van der Waals surface area contributed by atoms with Crippen molar-refractivity contribution in [2.45, 2.75) is 6.54 Å². The minimum absolute atomic E-state index is 0.402. The molecular weight excluding hydrogens is 192 g/mol. The molecule has 3 N–H and O–H groups in total. The average molecular weight is 204 g/mol. The van der Waals surface area contributed by atoms with Crippen LogP contribution in [-0.4, -0.2) is 19.7 Å². The molecule has 0 bridgehead atoms. The van der Waals surface area contributed by atoms with Gasteiger partial charge in [0, 0.05) is 25.6 Å². The number of anilines is 2. The summed E-state index contributed by atoms with van der Waals surface area (Å²) in [7, 11) is 1.89. The highest BCUT2D eigenvalue weighted by Crippen LogP contribution is 2.10. The predicted molar refractivity (Wildman–Crippen MR) is 57.0 cm³/mol. The van der Waals surface area contributed by atoms with Crippen molar-refractivity contribution in [1.82, 2.24) is 19.7 Å². The zero-order valence-electron chi connectivity index (χ0n) is 8.38. The van der Waals surface area contributed by atoms with Gasteiger partial charge in [0.05, 0.1) is 12.2 Å². The predicted octanol–water partition coefficient (Wildman–Crippen LogP) is 0.404. The van der Waals surface area contributed by atoms with Crippen molar-refractivity contribution < 1.29 is 0 Å². The summed E-state index contributed by atoms with van der Waals surface area (Å²) in [5.74, 6) is 0.998. The first-order chi connectivity index (χ1) is 7.27. The van der Waals surface area contributed by atoms with Gasteiger partial charge in [-0.15, -0.1) is 0 Å². The van der Waals surface area contributed by atoms with Crippen LogP contribution in [-0.2, 0) is 13.6 Å². The number of hydrogen-bond donors (Lipinski definition) is 2. The Hall–Kier alpha value is -2.11. The summed E-state index contributed by atoms with van der Waals surface area (Å²) >= 11 is 0. The fourth-order valence-electron chi connectivity index (χ4n) is 1.23. The molecule has 0 radical (unpaired) electrons. The lowest BCUT2D eigenvalue weighted by atomic mass is 10.4. The third-order valence-electron chi connectivity index (χ3n) is 2.09. The van der Waals surface area contributed by atoms with Gasteiger partial charge in [-0.1, -0.05) is 0 Å². The van der Waals surface area contributed by atoms with E-state index in [0.29, 0.717) is 18.2 Å². The van der Waals surface area contributed by atoms with Gasteiger partial charge in [-0.25, -0.2) is 9.97 Å². The van der Waals surface area contributed by atoms with Crippen LogP contribution in [0, 0.1) is 0 Å². The third-order valence-corrected chi connectivity index (χ3v) is 2.09. The molecule has 0 spiro atoms. The van der Waals surface area contributed by atoms with Crippen molar-refractivity contribution in [3.63, 3.8) is 0 Å². The molecule has 0 saturated heterocycles. The second-order valence-corrected chi connectivity index (χ2v) is 3.09. The topological polar surface area (TPSA) is 81.7 Å². The lowest BCUT2D eigenvalue weighted by molar-refractivity contribution is 0.720. The van der Waals surface area contributed by atoms with Crippen molar-refractivity contribution in [2.75, 3.05) is 11.1 Å². The number of aromatic nitrogens is 4. The summed E-state index contributed by atoms with van der Waals surface area (Å²) in [6, 6.07) is 1.93. The molecule has 0 aromatic carbocycles. The molecule has 0 aliphatic carbocycles. The highest BCUT2D eigenvalue weighted by atomic mass is 15.3. The van der Waals surface area contributed by atoms with Crippen molar-refractivity contribution in [1.29, 1.82) is 0 Å². The monoisotopic (exact) mass is 204 g/mol. The number of nitrogen functional groups attached to an aromatic ring is 1. The number of nitrogens with one attached hydrogen (secondary N) is 1. The molecular formula is C9H12N6. The molecule has 6 nitrogen and oxygen atoms in total. The van der Waals surface area contributed by atoms with Crippen LogP contribution < -0.4 is 11.1 Å². The first-order valence-electron chi connectivity index (χ1n) is 4.54. The van der Waals surface area contributed by atoms with E-state index in [4.69, 9.17) is 5.73 Å². The van der Waals surface area contributed by atoms with E-state index < -0.39 is 0 Å². The van der Waals surface area contributed by atoms with Crippen LogP contribution in [0.3, 0.4) is 0 Å². The molecule has 2 aromatic rings. The van der Waals surface area contributed by atoms with Gasteiger partial charge >= 0.3 is 0 Å². The number of rotatable bonds is 3. The minimum Gasteiger partial charge on any atom is -0.381 e. The van der Waals surface area contributed by atoms with Gasteiger partial charge < -0.3 is 11.1 Å². The molecule has 0 fully saturated rings. The van der Waals surface area contributed by atoms with E-state index in [2.05, 4.69) is 20.4 Å². The van der Waals surface area contributed by atoms with Crippen molar-refractivity contribution >= 4 is 11.6 Å². The van der Waals surface area contributed by atoms with Crippen LogP contribution in [0.5, 0.6) is 0 Å². The molecule has 2 heterocycles. The Morgan fingerprint density at radius 2 is 2.13 bits per heavy atom. The molecule has 2 aromatic heterocycles. The van der Waals surface area contributed by atoms with Crippen molar-refractivity contribution in [3.05, 3.63) is 30.4 Å². The van der Waals surface area contributed by atoms with Gasteiger partial charge in [-0.05, 0) is 6.07 Å². The summed E-state index contributed by atoms with van der Waals surface area (Å²) < 4.78 is 1.79. The average Bonchev–Trinajstić information content (AvgIpc) is 2.63. The van der Waals surface area contributed by atoms with E-state index in [9.17, 15) is 0 Å². The maximum absolute atomic E-state index is 5.64. The normalized spacial score (nSPS) is 10.2. The van der Waals surface area contributed by atoms with Crippen LogP contribution in [0.1, 0.15) is 5.69 Å². The van der Waals surface area contributed by atoms with Crippen molar-refractivity contribution in [3.8, 4) is 0 Å². The zero-order valence-corrected chi connectivity index (χ0v) is 8.38. The van der Waals surface area contributed by atoms with Crippen molar-refractivity contribution in [2.24, 2.45) is 7.05 Å². The second-order valence-electron chi connectivity index (χ2n) is 3.09. The molecule has 6 heteroatoms. The molecule has 15 heavy (non-hydrogen) atoms. The van der Waals surface area contributed by atoms with Gasteiger partial charge in [0.1, 0.15) is 0 Å². The maximum Gasteiger partial charge on any atom is 0.169 e. The first-order valence-corrected chi connectivity index (χ1v) is 4.54. The Labute approximate surface area is 87.2 Å². The summed E-state index contributed by atoms with van der Waals surface area (Å²) in [4.78, 5) is 8.01. The van der Waals surface area contributed by atoms with Crippen LogP contribution in [0.15, 0.2) is 24.7 Å². The van der Waals surface area contributed by atoms with Crippen LogP contribution >= 0.6 is 0 Å². The van der Waals surface area contributed by atoms with Crippen LogP contribution in [0.4, 0.5) is 11.6 Å². The van der Waals surface area contributed by atoms with E-state index in [1.165, 1.54) is 0 Å². The number of nitrogens with zero attached hydrogens (tertiary/aromatic N) is 4. The smallest absolute Gasteiger partial charge is 0.169 e. The summed E-state index contributed by atoms with van der Waals surface area (Å²) in [5, 5.41) is 7.16. The molecule has 0 atom stereocenters. The number of nitrogens with two attached hydrogens (primary N) is 1. The van der Waals surface area contributed by atoms with Gasteiger partial charge in [0.15, 0.2) is 11.6 Å². The maximum atomic E-state index is 5.64. The Kier molecular flexibility index (Phi) is 2.49. The highest BCUT2D eigenvalue weighted by Gasteiger charge is 2.02. The SMILES string of the molecule is Cn1nccc1CNc1nccnc1N. The Morgan fingerprint density at radius 1 is 1.33 bits per heavy atom. The minimum atomic E-state index is 0.402. The zero-order chi connectivity index (χ0) is 10.7. The van der Waals surface area contributed by atoms with E-state index in [-0.39, 0.29) is 0 Å². The molecule has 0 amide bonds. The third kappa shape index (κ3) is 2.04. The quantitative estimate of drug-likeness (QED) is 0.756. The molecule has 0 aliphatic rings. The van der Waals surface area contributed by atoms with Gasteiger partial charge in [-0.3, -0.25) is 4.68 Å². The summed E-state index contributed by atoms with van der Waals surface area (Å²) in [6.07, 6.45) is 4.91. The molecule has 0 aliphatic heterocycles. The molecule has 2 rings (SSSR count). The molecule has 0 unspecified atom stereocenters. The Morgan fingerprint density at radius 3 is 2.80 bits per heavy atom. The second kappa shape index (κ2) is 3.95. The van der Waals surface area contributed by atoms with E-state index in [1.807, 2.05) is 13.1 Å². The standard InChI is InChI=1S/C9H12N6/c1-15-7(2-3-14-15)6-13-9-8(10)11-4-5-12-9/h2-5H,6H2,1H3,(H2,10,11)(H,12,13). The largest absolute Gasteiger partial charge is 0.381 e. The fraction of sp³-hybridized carbons (Fsp3) is 0.222. The van der Waals surface area contributed by atoms with E-state index in [0.717, 1.165) is 5.69 Å². The summed E-state index contributed by atoms with van der Waals surface area (Å²) in [6.45, 7) is 0.624. The van der Waals surface area contributed by atoms with E-state index in [1.54, 1.807) is 23.3 Å². The van der Waals surface area contributed by atoms with E-state index >= 15 is 0 Å². The van der Waals surface area contributed by atoms with Gasteiger partial charge in [0.2, 0.25) is 0 Å². The lowest BCUT2D eigenvalue weighted by Crippen LogP contribution is -2.08.